The average Bonchev–Trinajstić information content (AvgIpc) is 2.03. The van der Waals surface area contributed by atoms with Crippen LogP contribution in [0.1, 0.15) is 5.56 Å². The van der Waals surface area contributed by atoms with Crippen LogP contribution in [-0.4, -0.2) is 0 Å². The van der Waals surface area contributed by atoms with Crippen LogP contribution < -0.4 is 0 Å². The van der Waals surface area contributed by atoms with E-state index in [0.717, 1.165) is 6.16 Å². The number of hydrogen-bond donors (Lipinski definition) is 0. The molecular weight excluding hydrogens is 141 g/mol. The molecule has 0 aliphatic carbocycles. The minimum absolute atomic E-state index is 0.398. The molecule has 0 fully saturated rings. The Hall–Kier alpha value is -0.860. The van der Waals surface area contributed by atoms with Gasteiger partial charge in [0.1, 0.15) is 0 Å². The van der Waals surface area contributed by atoms with E-state index in [1.165, 1.54) is 5.56 Å². The molecule has 10 heavy (non-hydrogen) atoms. The average molecular weight is 149 g/mol. The lowest BCUT2D eigenvalue weighted by atomic mass is 10.2. The Labute approximate surface area is 62.5 Å². The van der Waals surface area contributed by atoms with Gasteiger partial charge in [0.25, 0.3) is 0 Å². The second-order valence-electron chi connectivity index (χ2n) is 1.95. The molecule has 0 amide bonds. The zero-order chi connectivity index (χ0) is 7.23. The second-order valence-corrected chi connectivity index (χ2v) is 2.88. The maximum absolute atomic E-state index is 8.29. The van der Waals surface area contributed by atoms with Crippen molar-refractivity contribution >= 4 is 8.58 Å². The molecule has 1 atom stereocenters. The maximum atomic E-state index is 8.29. The van der Waals surface area contributed by atoms with Crippen molar-refractivity contribution in [2.24, 2.45) is 0 Å². The van der Waals surface area contributed by atoms with Crippen molar-refractivity contribution in [2.75, 3.05) is 0 Å². The largest absolute Gasteiger partial charge is 0.194 e. The number of hydrogen-bond acceptors (Lipinski definition) is 1. The Morgan fingerprint density at radius 2 is 2.00 bits per heavy atom. The van der Waals surface area contributed by atoms with E-state index in [-0.39, 0.29) is 0 Å². The van der Waals surface area contributed by atoms with Crippen molar-refractivity contribution in [1.29, 1.82) is 5.26 Å². The van der Waals surface area contributed by atoms with Crippen LogP contribution in [0.25, 0.3) is 0 Å². The highest BCUT2D eigenvalue weighted by Gasteiger charge is 1.87. The van der Waals surface area contributed by atoms with E-state index in [0.29, 0.717) is 8.58 Å². The minimum Gasteiger partial charge on any atom is -0.194 e. The summed E-state index contributed by atoms with van der Waals surface area (Å²) in [6.45, 7) is 0. The Kier molecular flexibility index (Phi) is 2.93. The highest BCUT2D eigenvalue weighted by Crippen LogP contribution is 2.15. The Morgan fingerprint density at radius 3 is 2.60 bits per heavy atom. The first-order valence-corrected chi connectivity index (χ1v) is 4.30. The van der Waals surface area contributed by atoms with Crippen LogP contribution in [0.15, 0.2) is 30.3 Å². The van der Waals surface area contributed by atoms with Crippen molar-refractivity contribution in [3.63, 3.8) is 0 Å². The molecule has 0 heterocycles. The summed E-state index contributed by atoms with van der Waals surface area (Å²) in [6.07, 6.45) is 0.900. The van der Waals surface area contributed by atoms with E-state index >= 15 is 0 Å². The summed E-state index contributed by atoms with van der Waals surface area (Å²) >= 11 is 0. The molecule has 0 saturated heterocycles. The van der Waals surface area contributed by atoms with Crippen molar-refractivity contribution in [3.05, 3.63) is 35.9 Å². The van der Waals surface area contributed by atoms with Crippen LogP contribution in [0.3, 0.4) is 0 Å². The third kappa shape index (κ3) is 2.17. The molecular formula is C8H8NP. The van der Waals surface area contributed by atoms with Gasteiger partial charge >= 0.3 is 0 Å². The van der Waals surface area contributed by atoms with Gasteiger partial charge in [-0.15, -0.1) is 0 Å². The summed E-state index contributed by atoms with van der Waals surface area (Å²) in [5.74, 6) is 2.14. The van der Waals surface area contributed by atoms with Gasteiger partial charge in [0.2, 0.25) is 0 Å². The van der Waals surface area contributed by atoms with Crippen LogP contribution in [0.5, 0.6) is 0 Å². The van der Waals surface area contributed by atoms with E-state index < -0.39 is 0 Å². The third-order valence-electron chi connectivity index (χ3n) is 1.21. The Balaban J connectivity index is 2.52. The fourth-order valence-electron chi connectivity index (χ4n) is 0.737. The lowest BCUT2D eigenvalue weighted by molar-refractivity contribution is 1.41. The number of rotatable bonds is 2. The lowest BCUT2D eigenvalue weighted by Crippen LogP contribution is -1.73. The van der Waals surface area contributed by atoms with Crippen LogP contribution in [0.2, 0.25) is 0 Å². The molecule has 0 radical (unpaired) electrons. The van der Waals surface area contributed by atoms with Gasteiger partial charge in [-0.2, -0.15) is 5.26 Å². The molecule has 0 saturated carbocycles. The molecule has 1 rings (SSSR count). The summed E-state index contributed by atoms with van der Waals surface area (Å²) in [4.78, 5) is 0. The highest BCUT2D eigenvalue weighted by atomic mass is 31.1. The lowest BCUT2D eigenvalue weighted by Gasteiger charge is -1.92. The predicted molar refractivity (Wildman–Crippen MR) is 44.1 cm³/mol. The quantitative estimate of drug-likeness (QED) is 0.592. The monoisotopic (exact) mass is 149 g/mol. The molecule has 1 aromatic rings. The summed E-state index contributed by atoms with van der Waals surface area (Å²) in [6, 6.07) is 10.1. The number of nitriles is 1. The van der Waals surface area contributed by atoms with E-state index in [2.05, 4.69) is 5.81 Å². The molecule has 50 valence electrons. The zero-order valence-corrected chi connectivity index (χ0v) is 6.54. The first-order chi connectivity index (χ1) is 4.93. The van der Waals surface area contributed by atoms with Gasteiger partial charge in [0.15, 0.2) is 0 Å². The van der Waals surface area contributed by atoms with Crippen molar-refractivity contribution in [2.45, 2.75) is 6.16 Å². The summed E-state index contributed by atoms with van der Waals surface area (Å²) < 4.78 is 0. The Morgan fingerprint density at radius 1 is 1.30 bits per heavy atom. The van der Waals surface area contributed by atoms with Gasteiger partial charge in [0, 0.05) is 6.16 Å². The van der Waals surface area contributed by atoms with Gasteiger partial charge < -0.3 is 0 Å². The topological polar surface area (TPSA) is 23.8 Å². The standard InChI is InChI=1S/C8H8NP/c9-7-10-6-8-4-2-1-3-5-8/h1-5,10H,6H2. The Bertz CT molecular complexity index is 225. The van der Waals surface area contributed by atoms with Gasteiger partial charge in [0.05, 0.1) is 5.81 Å². The molecule has 1 nitrogen and oxygen atoms in total. The first-order valence-electron chi connectivity index (χ1n) is 3.09. The summed E-state index contributed by atoms with van der Waals surface area (Å²) in [5.41, 5.74) is 1.25. The molecule has 1 aromatic carbocycles. The van der Waals surface area contributed by atoms with E-state index in [1.54, 1.807) is 0 Å². The van der Waals surface area contributed by atoms with Crippen molar-refractivity contribution < 1.29 is 0 Å². The molecule has 0 aliphatic heterocycles. The van der Waals surface area contributed by atoms with Crippen LogP contribution in [-0.2, 0) is 6.16 Å². The van der Waals surface area contributed by atoms with Crippen LogP contribution in [0, 0.1) is 11.1 Å². The van der Waals surface area contributed by atoms with Gasteiger partial charge in [-0.25, -0.2) is 0 Å². The zero-order valence-electron chi connectivity index (χ0n) is 5.54. The third-order valence-corrected chi connectivity index (χ3v) is 1.96. The van der Waals surface area contributed by atoms with E-state index in [4.69, 9.17) is 5.26 Å². The van der Waals surface area contributed by atoms with Crippen LogP contribution >= 0.6 is 8.58 Å². The molecule has 0 aliphatic rings. The molecule has 0 spiro atoms. The molecule has 0 bridgehead atoms. The molecule has 2 heteroatoms. The first kappa shape index (κ1) is 7.25. The van der Waals surface area contributed by atoms with Crippen molar-refractivity contribution in [1.82, 2.24) is 0 Å². The maximum Gasteiger partial charge on any atom is 0.0841 e. The number of benzene rings is 1. The highest BCUT2D eigenvalue weighted by molar-refractivity contribution is 7.42. The SMILES string of the molecule is N#CPCc1ccccc1. The molecule has 1 unspecified atom stereocenters. The number of nitrogens with zero attached hydrogens (tertiary/aromatic N) is 1. The predicted octanol–water partition coefficient (Wildman–Crippen LogP) is 2.35. The summed E-state index contributed by atoms with van der Waals surface area (Å²) in [7, 11) is 0.398. The van der Waals surface area contributed by atoms with Gasteiger partial charge in [-0.3, -0.25) is 0 Å². The van der Waals surface area contributed by atoms with Crippen molar-refractivity contribution in [3.8, 4) is 5.81 Å². The van der Waals surface area contributed by atoms with Gasteiger partial charge in [-0.1, -0.05) is 30.3 Å². The second kappa shape index (κ2) is 4.04. The van der Waals surface area contributed by atoms with Crippen LogP contribution in [0.4, 0.5) is 0 Å². The normalized spacial score (nSPS) is 9.90. The minimum atomic E-state index is 0.398. The molecule has 0 N–H and O–H groups in total. The summed E-state index contributed by atoms with van der Waals surface area (Å²) in [5, 5.41) is 8.29. The fraction of sp³-hybridized carbons (Fsp3) is 0.125. The van der Waals surface area contributed by atoms with E-state index in [9.17, 15) is 0 Å². The fourth-order valence-corrected chi connectivity index (χ4v) is 1.26. The van der Waals surface area contributed by atoms with E-state index in [1.807, 2.05) is 30.3 Å². The smallest absolute Gasteiger partial charge is 0.0841 e. The van der Waals surface area contributed by atoms with Gasteiger partial charge in [-0.05, 0) is 14.1 Å². The molecule has 0 aromatic heterocycles.